The molecule has 8 heteroatoms. The smallest absolute Gasteiger partial charge is 0.240 e. The van der Waals surface area contributed by atoms with Gasteiger partial charge in [-0.1, -0.05) is 25.0 Å². The Bertz CT molecular complexity index is 824. The maximum absolute atomic E-state index is 12.6. The number of aliphatic hydroxyl groups excluding tert-OH is 1. The number of nitrogens with zero attached hydrogens (tertiary/aromatic N) is 1. The van der Waals surface area contributed by atoms with E-state index in [1.54, 1.807) is 37.5 Å². The van der Waals surface area contributed by atoms with Crippen LogP contribution in [0, 0.1) is 6.92 Å². The number of benzene rings is 1. The Morgan fingerprint density at radius 2 is 1.96 bits per heavy atom. The quantitative estimate of drug-likeness (QED) is 0.728. The van der Waals surface area contributed by atoms with Gasteiger partial charge in [-0.2, -0.15) is 0 Å². The van der Waals surface area contributed by atoms with E-state index in [-0.39, 0.29) is 24.7 Å². The summed E-state index contributed by atoms with van der Waals surface area (Å²) in [4.78, 5) is 4.42. The second-order valence-corrected chi connectivity index (χ2v) is 8.33. The third-order valence-electron chi connectivity index (χ3n) is 4.68. The topological polar surface area (TPSA) is 102 Å². The van der Waals surface area contributed by atoms with E-state index in [4.69, 9.17) is 14.3 Å². The number of aryl methyl sites for hydroxylation is 1. The average Bonchev–Trinajstić information content (AvgIpc) is 3.28. The molecule has 1 saturated carbocycles. The molecule has 7 nitrogen and oxygen atoms in total. The number of aliphatic hydroxyl groups is 1. The molecule has 0 aliphatic heterocycles. The summed E-state index contributed by atoms with van der Waals surface area (Å²) in [6, 6.07) is 6.52. The summed E-state index contributed by atoms with van der Waals surface area (Å²) in [5.74, 6) is 0.558. The lowest BCUT2D eigenvalue weighted by atomic mass is 10.0. The molecule has 1 aromatic carbocycles. The van der Waals surface area contributed by atoms with Crippen LogP contribution in [0.2, 0.25) is 0 Å². The van der Waals surface area contributed by atoms with Crippen molar-refractivity contribution < 1.29 is 22.7 Å². The fourth-order valence-corrected chi connectivity index (χ4v) is 4.38. The highest BCUT2D eigenvalue weighted by Gasteiger charge is 2.36. The highest BCUT2D eigenvalue weighted by molar-refractivity contribution is 7.89. The summed E-state index contributed by atoms with van der Waals surface area (Å²) in [6.07, 6.45) is 5.12. The Morgan fingerprint density at radius 3 is 2.54 bits per heavy atom. The lowest BCUT2D eigenvalue weighted by molar-refractivity contribution is -0.0492. The molecule has 2 N–H and O–H groups in total. The maximum Gasteiger partial charge on any atom is 0.240 e. The van der Waals surface area contributed by atoms with Crippen LogP contribution in [0.25, 0.3) is 11.3 Å². The fraction of sp³-hybridized carbons (Fsp3) is 0.500. The standard InChI is InChI=1S/C18H24N2O5S/c1-14-20-17(12-24-14)15-4-6-16(7-5-15)26(22,23)19-13-18(25-11-10-21)8-2-3-9-18/h4-7,12,19,21H,2-3,8-11,13H2,1H3. The Labute approximate surface area is 153 Å². The van der Waals surface area contributed by atoms with Gasteiger partial charge in [0, 0.05) is 19.0 Å². The van der Waals surface area contributed by atoms with E-state index in [0.29, 0.717) is 11.6 Å². The van der Waals surface area contributed by atoms with Crippen molar-refractivity contribution in [2.45, 2.75) is 43.1 Å². The first-order chi connectivity index (χ1) is 12.4. The monoisotopic (exact) mass is 380 g/mol. The van der Waals surface area contributed by atoms with Crippen molar-refractivity contribution in [3.8, 4) is 11.3 Å². The van der Waals surface area contributed by atoms with Crippen molar-refractivity contribution in [2.24, 2.45) is 0 Å². The molecule has 1 aliphatic carbocycles. The molecule has 0 saturated heterocycles. The Morgan fingerprint density at radius 1 is 1.27 bits per heavy atom. The molecule has 3 rings (SSSR count). The molecule has 1 aromatic heterocycles. The van der Waals surface area contributed by atoms with Crippen LogP contribution in [0.4, 0.5) is 0 Å². The lowest BCUT2D eigenvalue weighted by Crippen LogP contribution is -2.43. The van der Waals surface area contributed by atoms with Crippen molar-refractivity contribution in [1.29, 1.82) is 0 Å². The van der Waals surface area contributed by atoms with Gasteiger partial charge in [-0.25, -0.2) is 18.1 Å². The zero-order valence-electron chi connectivity index (χ0n) is 14.8. The number of sulfonamides is 1. The summed E-state index contributed by atoms with van der Waals surface area (Å²) in [5, 5.41) is 8.99. The molecule has 0 bridgehead atoms. The van der Waals surface area contributed by atoms with Crippen LogP contribution in [0.5, 0.6) is 0 Å². The zero-order chi connectivity index (χ0) is 18.6. The second kappa shape index (κ2) is 7.87. The van der Waals surface area contributed by atoms with Gasteiger partial charge in [0.1, 0.15) is 12.0 Å². The van der Waals surface area contributed by atoms with Gasteiger partial charge in [0.15, 0.2) is 5.89 Å². The zero-order valence-corrected chi connectivity index (χ0v) is 15.6. The van der Waals surface area contributed by atoms with Crippen molar-refractivity contribution in [3.63, 3.8) is 0 Å². The van der Waals surface area contributed by atoms with E-state index in [9.17, 15) is 8.42 Å². The highest BCUT2D eigenvalue weighted by atomic mass is 32.2. The average molecular weight is 380 g/mol. The predicted octanol–water partition coefficient (Wildman–Crippen LogP) is 2.25. The van der Waals surface area contributed by atoms with Gasteiger partial charge in [0.2, 0.25) is 10.0 Å². The van der Waals surface area contributed by atoms with E-state index in [1.165, 1.54) is 0 Å². The van der Waals surface area contributed by atoms with Crippen LogP contribution in [-0.2, 0) is 14.8 Å². The molecule has 0 spiro atoms. The van der Waals surface area contributed by atoms with Crippen molar-refractivity contribution in [3.05, 3.63) is 36.4 Å². The van der Waals surface area contributed by atoms with Crippen molar-refractivity contribution in [2.75, 3.05) is 19.8 Å². The molecule has 142 valence electrons. The Kier molecular flexibility index (Phi) is 5.76. The molecular formula is C18H24N2O5S. The van der Waals surface area contributed by atoms with Crippen LogP contribution < -0.4 is 4.72 Å². The summed E-state index contributed by atoms with van der Waals surface area (Å²) < 4.78 is 38.8. The maximum atomic E-state index is 12.6. The third-order valence-corrected chi connectivity index (χ3v) is 6.10. The number of hydrogen-bond donors (Lipinski definition) is 2. The SMILES string of the molecule is Cc1nc(-c2ccc(S(=O)(=O)NCC3(OCCO)CCCC3)cc2)co1. The largest absolute Gasteiger partial charge is 0.449 e. The van der Waals surface area contributed by atoms with Crippen LogP contribution in [0.15, 0.2) is 39.8 Å². The predicted molar refractivity (Wildman–Crippen MR) is 96.1 cm³/mol. The van der Waals surface area contributed by atoms with Crippen molar-refractivity contribution in [1.82, 2.24) is 9.71 Å². The molecule has 0 amide bonds. The molecular weight excluding hydrogens is 356 g/mol. The minimum absolute atomic E-state index is 0.0719. The number of nitrogens with one attached hydrogen (secondary N) is 1. The molecule has 1 fully saturated rings. The summed E-state index contributed by atoms with van der Waals surface area (Å²) in [7, 11) is -3.64. The Hall–Kier alpha value is -1.74. The third kappa shape index (κ3) is 4.32. The van der Waals surface area contributed by atoms with Gasteiger partial charge in [0.05, 0.1) is 23.7 Å². The summed E-state index contributed by atoms with van der Waals surface area (Å²) in [5.41, 5.74) is 0.939. The minimum Gasteiger partial charge on any atom is -0.449 e. The van der Waals surface area contributed by atoms with Crippen LogP contribution >= 0.6 is 0 Å². The minimum atomic E-state index is -3.64. The second-order valence-electron chi connectivity index (χ2n) is 6.56. The molecule has 0 unspecified atom stereocenters. The Balaban J connectivity index is 1.69. The van der Waals surface area contributed by atoms with Crippen LogP contribution in [0.1, 0.15) is 31.6 Å². The van der Waals surface area contributed by atoms with E-state index in [1.807, 2.05) is 0 Å². The van der Waals surface area contributed by atoms with Gasteiger partial charge < -0.3 is 14.3 Å². The lowest BCUT2D eigenvalue weighted by Gasteiger charge is -2.29. The molecule has 1 aliphatic rings. The van der Waals surface area contributed by atoms with Gasteiger partial charge in [0.25, 0.3) is 0 Å². The van der Waals surface area contributed by atoms with Crippen LogP contribution in [0.3, 0.4) is 0 Å². The number of oxazole rings is 1. The number of aromatic nitrogens is 1. The molecule has 26 heavy (non-hydrogen) atoms. The molecule has 0 radical (unpaired) electrons. The molecule has 0 atom stereocenters. The first-order valence-electron chi connectivity index (χ1n) is 8.71. The number of ether oxygens (including phenoxy) is 1. The first-order valence-corrected chi connectivity index (χ1v) is 10.2. The number of rotatable bonds is 8. The van der Waals surface area contributed by atoms with E-state index < -0.39 is 15.6 Å². The molecule has 1 heterocycles. The van der Waals surface area contributed by atoms with Gasteiger partial charge in [-0.15, -0.1) is 0 Å². The number of hydrogen-bond acceptors (Lipinski definition) is 6. The molecule has 2 aromatic rings. The fourth-order valence-electron chi connectivity index (χ4n) is 3.26. The summed E-state index contributed by atoms with van der Waals surface area (Å²) >= 11 is 0. The van der Waals surface area contributed by atoms with Gasteiger partial charge in [-0.3, -0.25) is 0 Å². The van der Waals surface area contributed by atoms with E-state index in [2.05, 4.69) is 9.71 Å². The van der Waals surface area contributed by atoms with Gasteiger partial charge >= 0.3 is 0 Å². The normalized spacial score (nSPS) is 16.8. The first kappa shape index (κ1) is 19.0. The van der Waals surface area contributed by atoms with E-state index >= 15 is 0 Å². The van der Waals surface area contributed by atoms with Crippen molar-refractivity contribution >= 4 is 10.0 Å². The van der Waals surface area contributed by atoms with E-state index in [0.717, 1.165) is 31.2 Å². The highest BCUT2D eigenvalue weighted by Crippen LogP contribution is 2.33. The summed E-state index contributed by atoms with van der Waals surface area (Å²) in [6.45, 7) is 2.11. The van der Waals surface area contributed by atoms with Crippen LogP contribution in [-0.4, -0.2) is 43.9 Å². The van der Waals surface area contributed by atoms with Gasteiger partial charge in [-0.05, 0) is 25.0 Å².